The van der Waals surface area contributed by atoms with Gasteiger partial charge in [0, 0.05) is 45.3 Å². The summed E-state index contributed by atoms with van der Waals surface area (Å²) >= 11 is 0. The van der Waals surface area contributed by atoms with E-state index in [1.807, 2.05) is 34.8 Å². The summed E-state index contributed by atoms with van der Waals surface area (Å²) < 4.78 is 7.76. The number of aryl methyl sites for hydroxylation is 1. The van der Waals surface area contributed by atoms with Crippen LogP contribution in [0.15, 0.2) is 37.1 Å². The molecule has 2 saturated heterocycles. The van der Waals surface area contributed by atoms with Crippen molar-refractivity contribution in [1.29, 1.82) is 0 Å². The van der Waals surface area contributed by atoms with Gasteiger partial charge in [0.05, 0.1) is 18.5 Å². The lowest BCUT2D eigenvalue weighted by Crippen LogP contribution is -2.72. The number of nitrogens with zero attached hydrogens (tertiary/aromatic N) is 5. The zero-order chi connectivity index (χ0) is 18.9. The van der Waals surface area contributed by atoms with Crippen molar-refractivity contribution in [2.24, 2.45) is 13.0 Å². The maximum Gasteiger partial charge on any atom is 0.274 e. The molecular formula is C20H27N5O2. The molecule has 1 amide bonds. The normalized spacial score (nSPS) is 22.0. The van der Waals surface area contributed by atoms with E-state index in [1.165, 1.54) is 0 Å². The van der Waals surface area contributed by atoms with Gasteiger partial charge in [-0.25, -0.2) is 4.98 Å². The lowest BCUT2D eigenvalue weighted by atomic mass is 9.75. The van der Waals surface area contributed by atoms with Crippen molar-refractivity contribution in [3.8, 4) is 0 Å². The molecule has 1 atom stereocenters. The van der Waals surface area contributed by atoms with E-state index in [2.05, 4.69) is 21.9 Å². The van der Waals surface area contributed by atoms with E-state index < -0.39 is 0 Å². The number of hydrogen-bond acceptors (Lipinski definition) is 5. The zero-order valence-electron chi connectivity index (χ0n) is 16.0. The van der Waals surface area contributed by atoms with Gasteiger partial charge in [-0.1, -0.05) is 6.07 Å². The van der Waals surface area contributed by atoms with E-state index in [-0.39, 0.29) is 11.4 Å². The van der Waals surface area contributed by atoms with Crippen LogP contribution in [0.25, 0.3) is 0 Å². The molecular weight excluding hydrogens is 342 g/mol. The molecule has 2 aliphatic heterocycles. The summed E-state index contributed by atoms with van der Waals surface area (Å²) in [6.45, 7) is 3.97. The molecule has 4 heterocycles. The lowest BCUT2D eigenvalue weighted by Gasteiger charge is -2.58. The molecule has 0 radical (unpaired) electrons. The van der Waals surface area contributed by atoms with Crippen LogP contribution < -0.4 is 0 Å². The first-order chi connectivity index (χ1) is 13.1. The van der Waals surface area contributed by atoms with Crippen LogP contribution in [0.3, 0.4) is 0 Å². The van der Waals surface area contributed by atoms with Crippen LogP contribution in [0.1, 0.15) is 28.9 Å². The number of aromatic nitrogens is 3. The highest BCUT2D eigenvalue weighted by atomic mass is 16.5. The minimum atomic E-state index is 0.0320. The van der Waals surface area contributed by atoms with E-state index in [9.17, 15) is 4.79 Å². The monoisotopic (exact) mass is 369 g/mol. The molecule has 0 bridgehead atoms. The highest BCUT2D eigenvalue weighted by Gasteiger charge is 2.51. The van der Waals surface area contributed by atoms with Gasteiger partial charge in [-0.2, -0.15) is 0 Å². The Morgan fingerprint density at radius 3 is 2.93 bits per heavy atom. The molecule has 27 heavy (non-hydrogen) atoms. The number of carbonyl (C=O) groups excluding carboxylic acids is 1. The Hall–Kier alpha value is -2.25. The molecule has 2 aromatic heterocycles. The van der Waals surface area contributed by atoms with E-state index in [1.54, 1.807) is 18.7 Å². The molecule has 1 unspecified atom stereocenters. The standard InChI is InChI=1S/C20H27N5O2/c1-23-10-18(22-15-23)19(26)25-13-20(14-25)8-16(5-7-24(20)2)11-27-12-17-4-3-6-21-9-17/h3-4,6,9-10,15-16H,5,7-8,11-14H2,1-2H3. The fourth-order valence-corrected chi connectivity index (χ4v) is 4.24. The SMILES string of the molecule is CN1CCC(COCc2cccnc2)CC12CN(C(=O)c1cn(C)cn1)C2. The summed E-state index contributed by atoms with van der Waals surface area (Å²) in [6.07, 6.45) is 9.29. The van der Waals surface area contributed by atoms with Gasteiger partial charge >= 0.3 is 0 Å². The van der Waals surface area contributed by atoms with Crippen molar-refractivity contribution >= 4 is 5.91 Å². The van der Waals surface area contributed by atoms with Crippen LogP contribution in [0.4, 0.5) is 0 Å². The number of likely N-dealkylation sites (tertiary alicyclic amines) is 2. The first kappa shape index (κ1) is 18.1. The summed E-state index contributed by atoms with van der Waals surface area (Å²) in [5, 5.41) is 0. The van der Waals surface area contributed by atoms with Crippen LogP contribution in [0.2, 0.25) is 0 Å². The van der Waals surface area contributed by atoms with Gasteiger partial charge in [0.1, 0.15) is 5.69 Å². The van der Waals surface area contributed by atoms with Gasteiger partial charge < -0.3 is 14.2 Å². The van der Waals surface area contributed by atoms with E-state index in [4.69, 9.17) is 4.74 Å². The Labute approximate surface area is 160 Å². The molecule has 7 nitrogen and oxygen atoms in total. The van der Waals surface area contributed by atoms with E-state index >= 15 is 0 Å². The highest BCUT2D eigenvalue weighted by Crippen LogP contribution is 2.38. The number of pyridine rings is 1. The molecule has 2 aromatic rings. The summed E-state index contributed by atoms with van der Waals surface area (Å²) in [4.78, 5) is 25.2. The molecule has 144 valence electrons. The zero-order valence-corrected chi connectivity index (χ0v) is 16.0. The molecule has 0 aromatic carbocycles. The Morgan fingerprint density at radius 2 is 2.22 bits per heavy atom. The lowest BCUT2D eigenvalue weighted by molar-refractivity contribution is -0.0769. The molecule has 0 N–H and O–H groups in total. The van der Waals surface area contributed by atoms with Gasteiger partial charge in [-0.05, 0) is 44.0 Å². The molecule has 0 saturated carbocycles. The molecule has 2 aliphatic rings. The molecule has 2 fully saturated rings. The second-order valence-electron chi connectivity index (χ2n) is 7.97. The Morgan fingerprint density at radius 1 is 1.37 bits per heavy atom. The van der Waals surface area contributed by atoms with Crippen molar-refractivity contribution < 1.29 is 9.53 Å². The largest absolute Gasteiger partial charge is 0.376 e. The van der Waals surface area contributed by atoms with Crippen molar-refractivity contribution in [3.63, 3.8) is 0 Å². The molecule has 7 heteroatoms. The van der Waals surface area contributed by atoms with Gasteiger partial charge in [0.15, 0.2) is 0 Å². The van der Waals surface area contributed by atoms with Gasteiger partial charge in [0.2, 0.25) is 0 Å². The summed E-state index contributed by atoms with van der Waals surface area (Å²) in [7, 11) is 4.06. The van der Waals surface area contributed by atoms with Crippen molar-refractivity contribution in [3.05, 3.63) is 48.3 Å². The highest BCUT2D eigenvalue weighted by molar-refractivity contribution is 5.92. The maximum atomic E-state index is 12.6. The van der Waals surface area contributed by atoms with Gasteiger partial charge in [-0.15, -0.1) is 0 Å². The average Bonchev–Trinajstić information content (AvgIpc) is 3.08. The Kier molecular flexibility index (Phi) is 4.97. The topological polar surface area (TPSA) is 63.5 Å². The van der Waals surface area contributed by atoms with E-state index in [0.29, 0.717) is 18.2 Å². The number of carbonyl (C=O) groups is 1. The summed E-state index contributed by atoms with van der Waals surface area (Å²) in [6, 6.07) is 3.97. The Balaban J connectivity index is 1.30. The predicted octanol–water partition coefficient (Wildman–Crippen LogP) is 1.57. The third kappa shape index (κ3) is 3.75. The third-order valence-corrected chi connectivity index (χ3v) is 5.88. The van der Waals surface area contributed by atoms with E-state index in [0.717, 1.165) is 44.6 Å². The first-order valence-corrected chi connectivity index (χ1v) is 9.51. The van der Waals surface area contributed by atoms with Crippen LogP contribution in [0, 0.1) is 5.92 Å². The molecule has 0 aliphatic carbocycles. The predicted molar refractivity (Wildman–Crippen MR) is 101 cm³/mol. The average molecular weight is 369 g/mol. The third-order valence-electron chi connectivity index (χ3n) is 5.88. The summed E-state index contributed by atoms with van der Waals surface area (Å²) in [5.41, 5.74) is 1.73. The number of piperidine rings is 1. The smallest absolute Gasteiger partial charge is 0.274 e. The summed E-state index contributed by atoms with van der Waals surface area (Å²) in [5.74, 6) is 0.564. The first-order valence-electron chi connectivity index (χ1n) is 9.51. The number of hydrogen-bond donors (Lipinski definition) is 0. The van der Waals surface area contributed by atoms with Gasteiger partial charge in [0.25, 0.3) is 5.91 Å². The minimum Gasteiger partial charge on any atom is -0.376 e. The number of imidazole rings is 1. The van der Waals surface area contributed by atoms with Crippen molar-refractivity contribution in [1.82, 2.24) is 24.3 Å². The van der Waals surface area contributed by atoms with Crippen LogP contribution in [0.5, 0.6) is 0 Å². The second-order valence-corrected chi connectivity index (χ2v) is 7.97. The van der Waals surface area contributed by atoms with Crippen LogP contribution >= 0.6 is 0 Å². The number of amides is 1. The fourth-order valence-electron chi connectivity index (χ4n) is 4.24. The molecule has 4 rings (SSSR count). The van der Waals surface area contributed by atoms with Gasteiger partial charge in [-0.3, -0.25) is 14.7 Å². The number of ether oxygens (including phenoxy) is 1. The van der Waals surface area contributed by atoms with Crippen LogP contribution in [-0.2, 0) is 18.4 Å². The van der Waals surface area contributed by atoms with Crippen LogP contribution in [-0.4, -0.2) is 69.1 Å². The molecule has 1 spiro atoms. The quantitative estimate of drug-likeness (QED) is 0.801. The van der Waals surface area contributed by atoms with Crippen molar-refractivity contribution in [2.45, 2.75) is 25.0 Å². The Bertz CT molecular complexity index is 785. The number of likely N-dealkylation sites (N-methyl/N-ethyl adjacent to an activating group) is 1. The fraction of sp³-hybridized carbons (Fsp3) is 0.550. The number of rotatable bonds is 5. The minimum absolute atomic E-state index is 0.0320. The van der Waals surface area contributed by atoms with Crippen molar-refractivity contribution in [2.75, 3.05) is 33.3 Å². The maximum absolute atomic E-state index is 12.6. The second kappa shape index (κ2) is 7.40.